The van der Waals surface area contributed by atoms with Crippen LogP contribution in [0.3, 0.4) is 0 Å². The summed E-state index contributed by atoms with van der Waals surface area (Å²) in [5, 5.41) is 0. The molecular formula is C21H20F4N4O3. The van der Waals surface area contributed by atoms with Crippen molar-refractivity contribution < 1.29 is 27.1 Å². The van der Waals surface area contributed by atoms with Crippen LogP contribution in [0.4, 0.5) is 17.6 Å². The molecule has 0 aliphatic carbocycles. The zero-order chi connectivity index (χ0) is 23.0. The molecule has 1 saturated heterocycles. The van der Waals surface area contributed by atoms with Crippen LogP contribution in [-0.4, -0.2) is 51.3 Å². The maximum Gasteiger partial charge on any atom is 0.416 e. The maximum atomic E-state index is 13.4. The first-order chi connectivity index (χ1) is 15.2. The molecule has 0 radical (unpaired) electrons. The number of aryl methyl sites for hydroxylation is 1. The van der Waals surface area contributed by atoms with Gasteiger partial charge in [0.25, 0.3) is 0 Å². The lowest BCUT2D eigenvalue weighted by Crippen LogP contribution is -2.44. The van der Waals surface area contributed by atoms with Crippen molar-refractivity contribution in [1.29, 1.82) is 0 Å². The molecule has 0 saturated carbocycles. The van der Waals surface area contributed by atoms with Crippen LogP contribution < -0.4 is 10.4 Å². The minimum atomic E-state index is -4.64. The number of carbonyl (C=O) groups is 1. The number of imidazole rings is 1. The second kappa shape index (κ2) is 8.29. The fraction of sp³-hybridized carbons (Fsp3) is 0.381. The quantitative estimate of drug-likeness (QED) is 0.540. The number of carbonyl (C=O) groups excluding carboxylic acids is 1. The first-order valence-corrected chi connectivity index (χ1v) is 9.93. The first kappa shape index (κ1) is 21.8. The zero-order valence-corrected chi connectivity index (χ0v) is 17.2. The predicted molar refractivity (Wildman–Crippen MR) is 108 cm³/mol. The number of amides is 1. The normalized spacial score (nSPS) is 14.0. The van der Waals surface area contributed by atoms with Crippen molar-refractivity contribution in [3.8, 4) is 16.9 Å². The van der Waals surface area contributed by atoms with Crippen molar-refractivity contribution >= 4 is 17.1 Å². The van der Waals surface area contributed by atoms with Gasteiger partial charge >= 0.3 is 11.9 Å². The van der Waals surface area contributed by atoms with Gasteiger partial charge < -0.3 is 9.64 Å². The van der Waals surface area contributed by atoms with E-state index in [1.54, 1.807) is 4.90 Å². The Bertz CT molecular complexity index is 1230. The largest absolute Gasteiger partial charge is 0.491 e. The first-order valence-electron chi connectivity index (χ1n) is 9.93. The highest BCUT2D eigenvalue weighted by Crippen LogP contribution is 2.36. The lowest BCUT2D eigenvalue weighted by molar-refractivity contribution is -0.137. The molecule has 1 fully saturated rings. The molecule has 1 aromatic carbocycles. The Morgan fingerprint density at radius 2 is 1.91 bits per heavy atom. The summed E-state index contributed by atoms with van der Waals surface area (Å²) in [6.45, 7) is -0.147. The number of nitrogens with zero attached hydrogens (tertiary/aromatic N) is 4. The number of alkyl halides is 4. The maximum absolute atomic E-state index is 13.4. The number of halogens is 4. The third-order valence-corrected chi connectivity index (χ3v) is 5.39. The molecule has 3 aromatic rings. The molecule has 7 nitrogen and oxygen atoms in total. The number of likely N-dealkylation sites (tertiary alicyclic amines) is 1. The van der Waals surface area contributed by atoms with Crippen LogP contribution in [0.15, 0.2) is 35.3 Å². The standard InChI is InChI=1S/C21H20F4N4O3/c1-27-19-17(29(20(27)31)12-18(30)28-4-2-5-28)9-14(11-26-19)13-7-15(21(23,24)25)10-16(8-13)32-6-3-22/h7-11H,2-6,12H2,1H3. The van der Waals surface area contributed by atoms with Gasteiger partial charge in [-0.25, -0.2) is 14.2 Å². The van der Waals surface area contributed by atoms with Crippen molar-refractivity contribution in [3.05, 3.63) is 46.5 Å². The fourth-order valence-corrected chi connectivity index (χ4v) is 3.56. The molecule has 1 aliphatic heterocycles. The van der Waals surface area contributed by atoms with Gasteiger partial charge in [-0.15, -0.1) is 0 Å². The van der Waals surface area contributed by atoms with Crippen LogP contribution in [0.25, 0.3) is 22.3 Å². The molecule has 0 bridgehead atoms. The van der Waals surface area contributed by atoms with Gasteiger partial charge in [0.15, 0.2) is 5.65 Å². The molecule has 3 heterocycles. The number of benzene rings is 1. The van der Waals surface area contributed by atoms with Crippen molar-refractivity contribution in [1.82, 2.24) is 19.0 Å². The average Bonchev–Trinajstić information content (AvgIpc) is 2.94. The second-order valence-electron chi connectivity index (χ2n) is 7.51. The van der Waals surface area contributed by atoms with E-state index in [0.717, 1.165) is 18.6 Å². The molecule has 1 aliphatic rings. The van der Waals surface area contributed by atoms with Crippen LogP contribution in [0.1, 0.15) is 12.0 Å². The van der Waals surface area contributed by atoms with E-state index in [9.17, 15) is 27.2 Å². The average molecular weight is 452 g/mol. The van der Waals surface area contributed by atoms with E-state index in [0.29, 0.717) is 29.8 Å². The molecule has 0 atom stereocenters. The van der Waals surface area contributed by atoms with E-state index >= 15 is 0 Å². The molecule has 32 heavy (non-hydrogen) atoms. The zero-order valence-electron chi connectivity index (χ0n) is 17.2. The SMILES string of the molecule is Cn1c(=O)n(CC(=O)N2CCC2)c2cc(-c3cc(OCCF)cc(C(F)(F)F)c3)cnc21. The molecule has 0 N–H and O–H groups in total. The summed E-state index contributed by atoms with van der Waals surface area (Å²) >= 11 is 0. The van der Waals surface area contributed by atoms with E-state index in [4.69, 9.17) is 4.74 Å². The van der Waals surface area contributed by atoms with E-state index in [2.05, 4.69) is 4.98 Å². The third-order valence-electron chi connectivity index (χ3n) is 5.39. The molecule has 4 rings (SSSR count). The van der Waals surface area contributed by atoms with Crippen LogP contribution in [0.2, 0.25) is 0 Å². The lowest BCUT2D eigenvalue weighted by atomic mass is 10.0. The Kier molecular flexibility index (Phi) is 5.66. The molecule has 1 amide bonds. The Morgan fingerprint density at radius 3 is 2.53 bits per heavy atom. The molecule has 0 spiro atoms. The van der Waals surface area contributed by atoms with Crippen molar-refractivity contribution in [3.63, 3.8) is 0 Å². The Balaban J connectivity index is 1.80. The topological polar surface area (TPSA) is 69.4 Å². The minimum absolute atomic E-state index is 0.133. The van der Waals surface area contributed by atoms with Crippen LogP contribution in [0, 0.1) is 0 Å². The summed E-state index contributed by atoms with van der Waals surface area (Å²) in [6, 6.07) is 4.60. The van der Waals surface area contributed by atoms with Gasteiger partial charge in [0.1, 0.15) is 25.6 Å². The molecular weight excluding hydrogens is 432 g/mol. The molecule has 11 heteroatoms. The van der Waals surface area contributed by atoms with Crippen LogP contribution in [0.5, 0.6) is 5.75 Å². The summed E-state index contributed by atoms with van der Waals surface area (Å²) in [5.74, 6) is -0.344. The fourth-order valence-electron chi connectivity index (χ4n) is 3.56. The highest BCUT2D eigenvalue weighted by Gasteiger charge is 2.32. The van der Waals surface area contributed by atoms with Gasteiger partial charge in [0.05, 0.1) is 11.1 Å². The Labute approximate surface area is 179 Å². The smallest absolute Gasteiger partial charge is 0.416 e. The van der Waals surface area contributed by atoms with E-state index in [-0.39, 0.29) is 30.4 Å². The molecule has 2 aromatic heterocycles. The highest BCUT2D eigenvalue weighted by molar-refractivity contribution is 5.82. The Morgan fingerprint density at radius 1 is 1.16 bits per heavy atom. The van der Waals surface area contributed by atoms with Crippen LogP contribution >= 0.6 is 0 Å². The van der Waals surface area contributed by atoms with Gasteiger partial charge in [-0.2, -0.15) is 13.2 Å². The summed E-state index contributed by atoms with van der Waals surface area (Å²) in [5.41, 5.74) is -0.343. The van der Waals surface area contributed by atoms with Crippen LogP contribution in [-0.2, 0) is 24.6 Å². The summed E-state index contributed by atoms with van der Waals surface area (Å²) in [4.78, 5) is 31.0. The highest BCUT2D eigenvalue weighted by atomic mass is 19.4. The number of ether oxygens (including phenoxy) is 1. The van der Waals surface area contributed by atoms with Crippen molar-refractivity contribution in [2.45, 2.75) is 19.1 Å². The van der Waals surface area contributed by atoms with Crippen molar-refractivity contribution in [2.75, 3.05) is 26.4 Å². The van der Waals surface area contributed by atoms with E-state index < -0.39 is 24.1 Å². The summed E-state index contributed by atoms with van der Waals surface area (Å²) in [7, 11) is 1.51. The van der Waals surface area contributed by atoms with Gasteiger partial charge in [-0.05, 0) is 36.2 Å². The lowest BCUT2D eigenvalue weighted by Gasteiger charge is -2.30. The van der Waals surface area contributed by atoms with Gasteiger partial charge in [-0.3, -0.25) is 13.9 Å². The number of fused-ring (bicyclic) bond motifs is 1. The Hall–Kier alpha value is -3.37. The second-order valence-corrected chi connectivity index (χ2v) is 7.51. The third kappa shape index (κ3) is 4.06. The summed E-state index contributed by atoms with van der Waals surface area (Å²) in [6.07, 6.45) is -2.39. The van der Waals surface area contributed by atoms with E-state index in [1.807, 2.05) is 0 Å². The number of aromatic nitrogens is 3. The number of rotatable bonds is 6. The van der Waals surface area contributed by atoms with Gasteiger partial charge in [0, 0.05) is 31.9 Å². The number of pyridine rings is 1. The molecule has 170 valence electrons. The van der Waals surface area contributed by atoms with Gasteiger partial charge in [0.2, 0.25) is 5.91 Å². The number of hydrogen-bond donors (Lipinski definition) is 0. The van der Waals surface area contributed by atoms with Crippen molar-refractivity contribution in [2.24, 2.45) is 7.05 Å². The van der Waals surface area contributed by atoms with E-state index in [1.165, 1.54) is 34.5 Å². The number of hydrogen-bond acceptors (Lipinski definition) is 4. The monoisotopic (exact) mass is 452 g/mol. The predicted octanol–water partition coefficient (Wildman–Crippen LogP) is 3.00. The molecule has 0 unspecified atom stereocenters. The minimum Gasteiger partial charge on any atom is -0.491 e. The van der Waals surface area contributed by atoms with Gasteiger partial charge in [-0.1, -0.05) is 0 Å². The summed E-state index contributed by atoms with van der Waals surface area (Å²) < 4.78 is 60.2.